The molecule has 1 aromatic heterocycles. The number of nitrogens with one attached hydrogen (secondary N) is 1. The summed E-state index contributed by atoms with van der Waals surface area (Å²) >= 11 is 1.44. The van der Waals surface area contributed by atoms with Gasteiger partial charge in [0.2, 0.25) is 5.91 Å². The first-order valence-corrected chi connectivity index (χ1v) is 7.92. The first-order chi connectivity index (χ1) is 9.70. The fourth-order valence-corrected chi connectivity index (χ4v) is 3.14. The van der Waals surface area contributed by atoms with Crippen LogP contribution < -0.4 is 5.32 Å². The predicted molar refractivity (Wildman–Crippen MR) is 77.6 cm³/mol. The second-order valence-electron chi connectivity index (χ2n) is 5.05. The first-order valence-electron chi connectivity index (χ1n) is 7.04. The summed E-state index contributed by atoms with van der Waals surface area (Å²) in [6, 6.07) is 0.358. The van der Waals surface area contributed by atoms with Gasteiger partial charge in [-0.2, -0.15) is 0 Å². The lowest BCUT2D eigenvalue weighted by molar-refractivity contribution is -0.120. The van der Waals surface area contributed by atoms with Gasteiger partial charge in [0.1, 0.15) is 6.33 Å². The molecule has 1 aliphatic rings. The molecular formula is C13H22N4O2S. The highest BCUT2D eigenvalue weighted by molar-refractivity contribution is 8.00. The predicted octanol–water partition coefficient (Wildman–Crippen LogP) is 1.46. The average molecular weight is 298 g/mol. The van der Waals surface area contributed by atoms with Crippen molar-refractivity contribution in [3.05, 3.63) is 6.33 Å². The van der Waals surface area contributed by atoms with Gasteiger partial charge < -0.3 is 14.6 Å². The Morgan fingerprint density at radius 2 is 2.35 bits per heavy atom. The number of thioether (sulfide) groups is 1. The molecule has 0 saturated heterocycles. The third-order valence-electron chi connectivity index (χ3n) is 3.47. The molecule has 20 heavy (non-hydrogen) atoms. The molecule has 0 unspecified atom stereocenters. The van der Waals surface area contributed by atoms with E-state index < -0.39 is 0 Å². The standard InChI is InChI=1S/C13H22N4O2S/c1-10(12(18)15-11-5-3-4-6-11)20-13-16-14-9-17(13)7-8-19-2/h9-11H,3-8H2,1-2H3,(H,15,18)/t10-/m0/s1. The number of carbonyl (C=O) groups excluding carboxylic acids is 1. The molecule has 0 spiro atoms. The van der Waals surface area contributed by atoms with E-state index in [-0.39, 0.29) is 11.2 Å². The number of nitrogens with zero attached hydrogens (tertiary/aromatic N) is 3. The maximum Gasteiger partial charge on any atom is 0.233 e. The summed E-state index contributed by atoms with van der Waals surface area (Å²) in [6.07, 6.45) is 6.32. The van der Waals surface area contributed by atoms with Gasteiger partial charge in [-0.3, -0.25) is 4.79 Å². The summed E-state index contributed by atoms with van der Waals surface area (Å²) in [4.78, 5) is 12.1. The lowest BCUT2D eigenvalue weighted by atomic mass is 10.2. The number of ether oxygens (including phenoxy) is 1. The van der Waals surface area contributed by atoms with Crippen LogP contribution in [0.3, 0.4) is 0 Å². The molecule has 1 aliphatic carbocycles. The van der Waals surface area contributed by atoms with E-state index >= 15 is 0 Å². The Hall–Kier alpha value is -1.08. The minimum atomic E-state index is -0.166. The van der Waals surface area contributed by atoms with Crippen LogP contribution >= 0.6 is 11.8 Å². The molecule has 1 heterocycles. The summed E-state index contributed by atoms with van der Waals surface area (Å²) in [5, 5.41) is 11.7. The third-order valence-corrected chi connectivity index (χ3v) is 4.56. The van der Waals surface area contributed by atoms with E-state index in [0.29, 0.717) is 19.2 Å². The fourth-order valence-electron chi connectivity index (χ4n) is 2.28. The van der Waals surface area contributed by atoms with Crippen molar-refractivity contribution in [3.63, 3.8) is 0 Å². The number of amides is 1. The van der Waals surface area contributed by atoms with Crippen LogP contribution in [0.15, 0.2) is 11.5 Å². The van der Waals surface area contributed by atoms with Crippen LogP contribution in [-0.2, 0) is 16.1 Å². The Kier molecular flexibility index (Phi) is 5.85. The molecule has 0 radical (unpaired) electrons. The lowest BCUT2D eigenvalue weighted by Gasteiger charge is -2.16. The monoisotopic (exact) mass is 298 g/mol. The van der Waals surface area contributed by atoms with E-state index in [0.717, 1.165) is 18.0 Å². The second-order valence-corrected chi connectivity index (χ2v) is 6.36. The zero-order valence-electron chi connectivity index (χ0n) is 12.0. The molecule has 1 amide bonds. The van der Waals surface area contributed by atoms with Crippen molar-refractivity contribution < 1.29 is 9.53 Å². The van der Waals surface area contributed by atoms with Gasteiger partial charge in [0.05, 0.1) is 11.9 Å². The Bertz CT molecular complexity index is 432. The average Bonchev–Trinajstić information content (AvgIpc) is 3.08. The maximum atomic E-state index is 12.1. The molecule has 1 saturated carbocycles. The number of methoxy groups -OCH3 is 1. The highest BCUT2D eigenvalue weighted by Gasteiger charge is 2.22. The summed E-state index contributed by atoms with van der Waals surface area (Å²) in [5.41, 5.74) is 0. The molecule has 112 valence electrons. The van der Waals surface area contributed by atoms with E-state index in [2.05, 4.69) is 15.5 Å². The van der Waals surface area contributed by atoms with Crippen LogP contribution in [0.1, 0.15) is 32.6 Å². The molecule has 1 aromatic rings. The van der Waals surface area contributed by atoms with Crippen molar-refractivity contribution in [2.24, 2.45) is 0 Å². The topological polar surface area (TPSA) is 69.0 Å². The van der Waals surface area contributed by atoms with Gasteiger partial charge in [0, 0.05) is 19.7 Å². The van der Waals surface area contributed by atoms with E-state index in [9.17, 15) is 4.79 Å². The van der Waals surface area contributed by atoms with Crippen LogP contribution in [0.5, 0.6) is 0 Å². The van der Waals surface area contributed by atoms with Crippen molar-refractivity contribution in [3.8, 4) is 0 Å². The zero-order valence-corrected chi connectivity index (χ0v) is 12.9. The number of rotatable bonds is 7. The largest absolute Gasteiger partial charge is 0.383 e. The van der Waals surface area contributed by atoms with Crippen molar-refractivity contribution in [1.29, 1.82) is 0 Å². The normalized spacial score (nSPS) is 17.3. The molecule has 1 N–H and O–H groups in total. The van der Waals surface area contributed by atoms with E-state index in [1.165, 1.54) is 24.6 Å². The molecule has 0 aliphatic heterocycles. The lowest BCUT2D eigenvalue weighted by Crippen LogP contribution is -2.37. The van der Waals surface area contributed by atoms with E-state index in [4.69, 9.17) is 4.74 Å². The molecule has 0 bridgehead atoms. The Morgan fingerprint density at radius 3 is 3.05 bits per heavy atom. The minimum Gasteiger partial charge on any atom is -0.383 e. The van der Waals surface area contributed by atoms with Gasteiger partial charge in [-0.15, -0.1) is 10.2 Å². The SMILES string of the molecule is COCCn1cnnc1S[C@@H](C)C(=O)NC1CCCC1. The van der Waals surface area contributed by atoms with Crippen molar-refractivity contribution in [1.82, 2.24) is 20.1 Å². The highest BCUT2D eigenvalue weighted by Crippen LogP contribution is 2.23. The first kappa shape index (κ1) is 15.3. The van der Waals surface area contributed by atoms with Crippen LogP contribution in [0.4, 0.5) is 0 Å². The van der Waals surface area contributed by atoms with E-state index in [1.807, 2.05) is 11.5 Å². The molecule has 1 atom stereocenters. The van der Waals surface area contributed by atoms with Gasteiger partial charge in [-0.1, -0.05) is 24.6 Å². The van der Waals surface area contributed by atoms with Crippen LogP contribution in [0.25, 0.3) is 0 Å². The fraction of sp³-hybridized carbons (Fsp3) is 0.769. The van der Waals surface area contributed by atoms with Gasteiger partial charge in [-0.25, -0.2) is 0 Å². The Labute approximate surface area is 123 Å². The summed E-state index contributed by atoms with van der Waals surface area (Å²) < 4.78 is 6.96. The number of hydrogen-bond acceptors (Lipinski definition) is 5. The second kappa shape index (κ2) is 7.64. The Morgan fingerprint density at radius 1 is 1.60 bits per heavy atom. The molecule has 2 rings (SSSR count). The van der Waals surface area contributed by atoms with Crippen LogP contribution in [-0.4, -0.2) is 45.7 Å². The molecule has 1 fully saturated rings. The van der Waals surface area contributed by atoms with Crippen molar-refractivity contribution in [2.45, 2.75) is 55.6 Å². The van der Waals surface area contributed by atoms with Gasteiger partial charge >= 0.3 is 0 Å². The number of hydrogen-bond donors (Lipinski definition) is 1. The molecule has 0 aromatic carbocycles. The van der Waals surface area contributed by atoms with Gasteiger partial charge in [-0.05, 0) is 19.8 Å². The number of aromatic nitrogens is 3. The Balaban J connectivity index is 1.85. The number of carbonyl (C=O) groups is 1. The quantitative estimate of drug-likeness (QED) is 0.772. The van der Waals surface area contributed by atoms with Gasteiger partial charge in [0.25, 0.3) is 0 Å². The summed E-state index contributed by atoms with van der Waals surface area (Å²) in [5.74, 6) is 0.0863. The van der Waals surface area contributed by atoms with Crippen LogP contribution in [0, 0.1) is 0 Å². The third kappa shape index (κ3) is 4.21. The summed E-state index contributed by atoms with van der Waals surface area (Å²) in [6.45, 7) is 3.21. The van der Waals surface area contributed by atoms with Crippen LogP contribution in [0.2, 0.25) is 0 Å². The molecular weight excluding hydrogens is 276 g/mol. The highest BCUT2D eigenvalue weighted by atomic mass is 32.2. The van der Waals surface area contributed by atoms with Crippen molar-refractivity contribution in [2.75, 3.05) is 13.7 Å². The van der Waals surface area contributed by atoms with Crippen molar-refractivity contribution >= 4 is 17.7 Å². The molecule has 6 nitrogen and oxygen atoms in total. The van der Waals surface area contributed by atoms with Gasteiger partial charge in [0.15, 0.2) is 5.16 Å². The van der Waals surface area contributed by atoms with E-state index in [1.54, 1.807) is 13.4 Å². The summed E-state index contributed by atoms with van der Waals surface area (Å²) in [7, 11) is 1.66. The minimum absolute atomic E-state index is 0.0863. The maximum absolute atomic E-state index is 12.1. The molecule has 7 heteroatoms. The smallest absolute Gasteiger partial charge is 0.233 e. The zero-order chi connectivity index (χ0) is 14.4.